The number of aromatic nitrogens is 3. The van der Waals surface area contributed by atoms with Crippen molar-refractivity contribution in [3.63, 3.8) is 0 Å². The quantitative estimate of drug-likeness (QED) is 0.677. The van der Waals surface area contributed by atoms with Gasteiger partial charge in [-0.05, 0) is 25.5 Å². The molecule has 3 heterocycles. The Morgan fingerprint density at radius 2 is 2.25 bits per heavy atom. The van der Waals surface area contributed by atoms with E-state index in [1.165, 1.54) is 11.3 Å². The van der Waals surface area contributed by atoms with Crippen molar-refractivity contribution in [2.24, 2.45) is 0 Å². The molecule has 0 fully saturated rings. The first-order chi connectivity index (χ1) is 7.66. The van der Waals surface area contributed by atoms with Gasteiger partial charge >= 0.3 is 0 Å². The largest absolute Gasteiger partial charge is 0.381 e. The molecule has 3 aromatic heterocycles. The van der Waals surface area contributed by atoms with Crippen LogP contribution in [0.4, 0.5) is 5.82 Å². The molecule has 0 bridgehead atoms. The average Bonchev–Trinajstić information content (AvgIpc) is 2.87. The molecule has 0 amide bonds. The van der Waals surface area contributed by atoms with Crippen LogP contribution in [-0.4, -0.2) is 14.4 Å². The summed E-state index contributed by atoms with van der Waals surface area (Å²) in [5.41, 5.74) is 10.5. The SMILES string of the molecule is Cc1cc(-c2csc3c(N)ncn23)[nH]c1C. The van der Waals surface area contributed by atoms with Gasteiger partial charge in [0.1, 0.15) is 11.2 Å². The van der Waals surface area contributed by atoms with Crippen LogP contribution in [0.25, 0.3) is 16.2 Å². The minimum atomic E-state index is 0.594. The molecule has 3 N–H and O–H groups in total. The summed E-state index contributed by atoms with van der Waals surface area (Å²) in [7, 11) is 0. The number of hydrogen-bond acceptors (Lipinski definition) is 3. The molecule has 0 aromatic carbocycles. The number of nitrogens with zero attached hydrogens (tertiary/aromatic N) is 2. The Kier molecular flexibility index (Phi) is 1.85. The van der Waals surface area contributed by atoms with Gasteiger partial charge in [0.15, 0.2) is 5.82 Å². The molecule has 0 saturated heterocycles. The van der Waals surface area contributed by atoms with Crippen LogP contribution in [-0.2, 0) is 0 Å². The van der Waals surface area contributed by atoms with Crippen molar-refractivity contribution in [3.8, 4) is 11.4 Å². The van der Waals surface area contributed by atoms with Crippen molar-refractivity contribution in [2.75, 3.05) is 5.73 Å². The highest BCUT2D eigenvalue weighted by Crippen LogP contribution is 2.29. The molecule has 3 aromatic rings. The summed E-state index contributed by atoms with van der Waals surface area (Å²) in [4.78, 5) is 8.47. The molecule has 16 heavy (non-hydrogen) atoms. The predicted octanol–water partition coefficient (Wildman–Crippen LogP) is 2.59. The number of aryl methyl sites for hydroxylation is 2. The van der Waals surface area contributed by atoms with Gasteiger partial charge in [0.2, 0.25) is 0 Å². The predicted molar refractivity (Wildman–Crippen MR) is 66.7 cm³/mol. The molecule has 0 aliphatic rings. The molecular weight excluding hydrogens is 220 g/mol. The van der Waals surface area contributed by atoms with Gasteiger partial charge in [-0.25, -0.2) is 4.98 Å². The number of rotatable bonds is 1. The lowest BCUT2D eigenvalue weighted by Gasteiger charge is -1.94. The maximum Gasteiger partial charge on any atom is 0.160 e. The Morgan fingerprint density at radius 1 is 1.44 bits per heavy atom. The summed E-state index contributed by atoms with van der Waals surface area (Å²) in [6.45, 7) is 4.17. The highest BCUT2D eigenvalue weighted by Gasteiger charge is 2.11. The van der Waals surface area contributed by atoms with Crippen LogP contribution in [0.5, 0.6) is 0 Å². The number of aromatic amines is 1. The number of anilines is 1. The minimum Gasteiger partial charge on any atom is -0.381 e. The third kappa shape index (κ3) is 1.18. The molecule has 0 atom stereocenters. The van der Waals surface area contributed by atoms with Gasteiger partial charge in [-0.3, -0.25) is 4.40 Å². The summed E-state index contributed by atoms with van der Waals surface area (Å²) in [5.74, 6) is 0.594. The molecular formula is C11H12N4S. The summed E-state index contributed by atoms with van der Waals surface area (Å²) >= 11 is 1.61. The van der Waals surface area contributed by atoms with E-state index >= 15 is 0 Å². The van der Waals surface area contributed by atoms with Gasteiger partial charge in [-0.15, -0.1) is 11.3 Å². The van der Waals surface area contributed by atoms with E-state index in [1.807, 2.05) is 4.40 Å². The van der Waals surface area contributed by atoms with Gasteiger partial charge in [0, 0.05) is 11.1 Å². The number of hydrogen-bond donors (Lipinski definition) is 2. The third-order valence-corrected chi connectivity index (χ3v) is 3.81. The molecule has 5 heteroatoms. The van der Waals surface area contributed by atoms with Gasteiger partial charge in [0.25, 0.3) is 0 Å². The van der Waals surface area contributed by atoms with E-state index < -0.39 is 0 Å². The maximum atomic E-state index is 5.77. The van der Waals surface area contributed by atoms with Crippen molar-refractivity contribution in [2.45, 2.75) is 13.8 Å². The number of H-pyrrole nitrogens is 1. The number of nitrogen functional groups attached to an aromatic ring is 1. The second-order valence-electron chi connectivity index (χ2n) is 3.92. The Balaban J connectivity index is 2.25. The fraction of sp³-hybridized carbons (Fsp3) is 0.182. The lowest BCUT2D eigenvalue weighted by atomic mass is 10.2. The first kappa shape index (κ1) is 9.47. The Morgan fingerprint density at radius 3 is 2.94 bits per heavy atom. The van der Waals surface area contributed by atoms with E-state index in [0.717, 1.165) is 16.2 Å². The first-order valence-corrected chi connectivity index (χ1v) is 5.91. The number of thiazole rings is 1. The molecule has 0 spiro atoms. The van der Waals surface area contributed by atoms with E-state index in [4.69, 9.17) is 5.73 Å². The zero-order valence-corrected chi connectivity index (χ0v) is 9.93. The number of fused-ring (bicyclic) bond motifs is 1. The molecule has 0 saturated carbocycles. The standard InChI is InChI=1S/C11H12N4S/c1-6-3-8(14-7(6)2)9-4-16-11-10(12)13-5-15(9)11/h3-5,14H,12H2,1-2H3. The molecule has 0 unspecified atom stereocenters. The lowest BCUT2D eigenvalue weighted by Crippen LogP contribution is -1.84. The van der Waals surface area contributed by atoms with Crippen LogP contribution >= 0.6 is 11.3 Å². The monoisotopic (exact) mass is 232 g/mol. The van der Waals surface area contributed by atoms with Crippen LogP contribution in [0, 0.1) is 13.8 Å². The zero-order chi connectivity index (χ0) is 11.3. The van der Waals surface area contributed by atoms with E-state index in [0.29, 0.717) is 5.82 Å². The van der Waals surface area contributed by atoms with Gasteiger partial charge in [-0.1, -0.05) is 0 Å². The summed E-state index contributed by atoms with van der Waals surface area (Å²) < 4.78 is 2.02. The van der Waals surface area contributed by atoms with E-state index in [2.05, 4.69) is 35.3 Å². The van der Waals surface area contributed by atoms with Crippen molar-refractivity contribution >= 4 is 22.0 Å². The smallest absolute Gasteiger partial charge is 0.160 e. The third-order valence-electron chi connectivity index (χ3n) is 2.84. The fourth-order valence-corrected chi connectivity index (χ4v) is 2.70. The molecule has 0 radical (unpaired) electrons. The number of imidazole rings is 1. The van der Waals surface area contributed by atoms with Gasteiger partial charge in [-0.2, -0.15) is 0 Å². The highest BCUT2D eigenvalue weighted by atomic mass is 32.1. The Hall–Kier alpha value is -1.75. The molecule has 3 rings (SSSR count). The lowest BCUT2D eigenvalue weighted by molar-refractivity contribution is 1.15. The molecule has 82 valence electrons. The molecule has 0 aliphatic heterocycles. The summed E-state index contributed by atoms with van der Waals surface area (Å²) in [6.07, 6.45) is 1.77. The normalized spacial score (nSPS) is 11.4. The number of nitrogens with one attached hydrogen (secondary N) is 1. The fourth-order valence-electron chi connectivity index (χ4n) is 1.80. The van der Waals surface area contributed by atoms with Crippen molar-refractivity contribution in [1.82, 2.24) is 14.4 Å². The van der Waals surface area contributed by atoms with E-state index in [-0.39, 0.29) is 0 Å². The Bertz CT molecular complexity index is 639. The molecule has 4 nitrogen and oxygen atoms in total. The second-order valence-corrected chi connectivity index (χ2v) is 4.78. The average molecular weight is 232 g/mol. The van der Waals surface area contributed by atoms with Gasteiger partial charge in [0.05, 0.1) is 11.4 Å². The number of nitrogens with two attached hydrogens (primary N) is 1. The van der Waals surface area contributed by atoms with Crippen molar-refractivity contribution in [1.29, 1.82) is 0 Å². The van der Waals surface area contributed by atoms with Crippen LogP contribution in [0.3, 0.4) is 0 Å². The van der Waals surface area contributed by atoms with Crippen molar-refractivity contribution < 1.29 is 0 Å². The topological polar surface area (TPSA) is 59.1 Å². The second kappa shape index (κ2) is 3.12. The van der Waals surface area contributed by atoms with E-state index in [1.54, 1.807) is 17.7 Å². The van der Waals surface area contributed by atoms with Gasteiger partial charge < -0.3 is 10.7 Å². The van der Waals surface area contributed by atoms with E-state index in [9.17, 15) is 0 Å². The maximum absolute atomic E-state index is 5.77. The Labute approximate surface area is 96.7 Å². The van der Waals surface area contributed by atoms with Crippen molar-refractivity contribution in [3.05, 3.63) is 29.0 Å². The van der Waals surface area contributed by atoms with Crippen LogP contribution in [0.1, 0.15) is 11.3 Å². The molecule has 0 aliphatic carbocycles. The summed E-state index contributed by atoms with van der Waals surface area (Å²) in [5, 5.41) is 2.10. The van der Waals surface area contributed by atoms with Crippen LogP contribution in [0.2, 0.25) is 0 Å². The van der Waals surface area contributed by atoms with Crippen LogP contribution in [0.15, 0.2) is 17.8 Å². The summed E-state index contributed by atoms with van der Waals surface area (Å²) in [6, 6.07) is 2.15. The zero-order valence-electron chi connectivity index (χ0n) is 9.11. The minimum absolute atomic E-state index is 0.594. The first-order valence-electron chi connectivity index (χ1n) is 5.03. The van der Waals surface area contributed by atoms with Crippen LogP contribution < -0.4 is 5.73 Å². The highest BCUT2D eigenvalue weighted by molar-refractivity contribution is 7.16.